The number of halogens is 21. The summed E-state index contributed by atoms with van der Waals surface area (Å²) in [5.41, 5.74) is -7.26. The number of carbonyl (C=O) groups excluding carboxylic acids is 6. The minimum atomic E-state index is -7.05. The van der Waals surface area contributed by atoms with Gasteiger partial charge in [0.05, 0.1) is 0 Å². The van der Waals surface area contributed by atoms with E-state index in [-0.39, 0.29) is 0 Å². The Kier molecular flexibility index (Phi) is 16.6. The van der Waals surface area contributed by atoms with Gasteiger partial charge in [0, 0.05) is 0 Å². The van der Waals surface area contributed by atoms with Gasteiger partial charge in [0.15, 0.2) is 0 Å². The summed E-state index contributed by atoms with van der Waals surface area (Å²) in [6.07, 6.45) is -28.4. The van der Waals surface area contributed by atoms with Crippen LogP contribution in [0, 0.1) is 58.5 Å². The van der Waals surface area contributed by atoms with E-state index in [1.54, 1.807) is 0 Å². The van der Waals surface area contributed by atoms with E-state index in [4.69, 9.17) is 0 Å². The summed E-state index contributed by atoms with van der Waals surface area (Å²) in [6, 6.07) is 0. The molecule has 0 aromatic heterocycles. The van der Waals surface area contributed by atoms with E-state index in [0.29, 0.717) is 41.5 Å². The van der Waals surface area contributed by atoms with Crippen LogP contribution in [0.4, 0.5) is 92.2 Å². The Morgan fingerprint density at radius 3 is 0.603 bits per heavy atom. The summed E-state index contributed by atoms with van der Waals surface area (Å²) in [5, 5.41) is 0. The number of hydrogen-bond donors (Lipinski definition) is 0. The SMILES string of the molecule is CC(C)([CH2][Eu]([CH2]C(C)(C)C(=O)CC(=O)C(F)(F)C(F)(F)C(F)(F)F)[CH2]C(C)(C)C(=O)CC(=O)C(F)(F)C(F)(F)C(F)(F)F)C(=O)CC(=O)C(F)(F)C(F)(F)C(F)(F)F. The van der Waals surface area contributed by atoms with Gasteiger partial charge in [-0.3, -0.25) is 0 Å². The van der Waals surface area contributed by atoms with E-state index in [2.05, 4.69) is 0 Å². The molecule has 340 valence electrons. The second-order valence-electron chi connectivity index (χ2n) is 14.6. The van der Waals surface area contributed by atoms with Crippen molar-refractivity contribution in [3.63, 3.8) is 0 Å². The number of alkyl halides is 21. The van der Waals surface area contributed by atoms with Gasteiger partial charge in [-0.05, 0) is 0 Å². The minimum absolute atomic E-state index is 0.677. The number of carbonyl (C=O) groups is 6. The molecule has 0 N–H and O–H groups in total. The van der Waals surface area contributed by atoms with E-state index < -0.39 is 169 Å². The first kappa shape index (κ1) is 56.1. The van der Waals surface area contributed by atoms with Crippen molar-refractivity contribution >= 4 is 34.7 Å². The quantitative estimate of drug-likeness (QED) is 0.0839. The van der Waals surface area contributed by atoms with Crippen molar-refractivity contribution in [2.45, 2.75) is 117 Å². The molecule has 0 saturated carbocycles. The van der Waals surface area contributed by atoms with Crippen molar-refractivity contribution in [2.75, 3.05) is 0 Å². The summed E-state index contributed by atoms with van der Waals surface area (Å²) in [7, 11) is 0. The van der Waals surface area contributed by atoms with Gasteiger partial charge in [0.2, 0.25) is 0 Å². The molecule has 0 aromatic rings. The van der Waals surface area contributed by atoms with Crippen LogP contribution in [0.5, 0.6) is 0 Å². The molecule has 58 heavy (non-hydrogen) atoms. The van der Waals surface area contributed by atoms with Crippen LogP contribution in [0.25, 0.3) is 0 Å². The zero-order valence-corrected chi connectivity index (χ0v) is 32.4. The summed E-state index contributed by atoms with van der Waals surface area (Å²) in [6.45, 7) is 4.06. The molecule has 0 radical (unpaired) electrons. The van der Waals surface area contributed by atoms with E-state index in [0.717, 1.165) is 0 Å². The first-order valence-corrected chi connectivity index (χ1v) is 20.3. The molecule has 6 nitrogen and oxygen atoms in total. The Bertz CT molecular complexity index is 1420. The molecule has 0 aliphatic heterocycles. The molecule has 0 bridgehead atoms. The molecule has 0 saturated heterocycles. The Morgan fingerprint density at radius 2 is 0.466 bits per heavy atom. The molecule has 0 amide bonds. The molecule has 0 spiro atoms. The van der Waals surface area contributed by atoms with Crippen molar-refractivity contribution in [1.82, 2.24) is 0 Å². The van der Waals surface area contributed by atoms with Crippen LogP contribution in [0.1, 0.15) is 60.8 Å². The maximum atomic E-state index is 14.0. The van der Waals surface area contributed by atoms with Gasteiger partial charge in [-0.1, -0.05) is 0 Å². The fourth-order valence-corrected chi connectivity index (χ4v) is 15.8. The fraction of sp³-hybridized carbons (Fsp3) is 0.800. The standard InChI is InChI=1S/3C10H10F7O2.Eu/c3*1-7(2,3)5(18)4-6(19)8(11,12)9(13,14)10(15,16)17;/h3*1,4H2,2-3H3;. The number of hydrogen-bond acceptors (Lipinski definition) is 6. The van der Waals surface area contributed by atoms with Crippen molar-refractivity contribution in [1.29, 1.82) is 0 Å². The molecule has 0 heterocycles. The Morgan fingerprint density at radius 1 is 0.310 bits per heavy atom. The predicted octanol–water partition coefficient (Wildman–Crippen LogP) is 10.0. The summed E-state index contributed by atoms with van der Waals surface area (Å²) in [4.78, 5) is 74.5. The molecule has 0 rings (SSSR count). The van der Waals surface area contributed by atoms with Crippen molar-refractivity contribution in [3.8, 4) is 0 Å². The third kappa shape index (κ3) is 11.5. The van der Waals surface area contributed by atoms with Gasteiger partial charge < -0.3 is 0 Å². The van der Waals surface area contributed by atoms with Crippen LogP contribution in [-0.2, 0) is 28.8 Å². The molecule has 0 fully saturated rings. The normalized spacial score (nSPS) is 15.3. The number of ketones is 6. The summed E-state index contributed by atoms with van der Waals surface area (Å²) in [5.74, 6) is -56.5. The van der Waals surface area contributed by atoms with Crippen molar-refractivity contribution < 1.29 is 163 Å². The van der Waals surface area contributed by atoms with E-state index in [1.807, 2.05) is 0 Å². The van der Waals surface area contributed by atoms with Crippen LogP contribution in [0.15, 0.2) is 0 Å². The van der Waals surface area contributed by atoms with Crippen LogP contribution < -0.4 is 0 Å². The average molecular weight is 1040 g/mol. The van der Waals surface area contributed by atoms with Crippen LogP contribution >= 0.6 is 0 Å². The maximum absolute atomic E-state index is 14.0. The van der Waals surface area contributed by atoms with Crippen molar-refractivity contribution in [2.24, 2.45) is 16.2 Å². The summed E-state index contributed by atoms with van der Waals surface area (Å²) < 4.78 is 275. The van der Waals surface area contributed by atoms with Crippen LogP contribution in [0.2, 0.25) is 2.45 Å². The van der Waals surface area contributed by atoms with E-state index in [1.165, 1.54) is 0 Å². The second kappa shape index (κ2) is 17.1. The predicted molar refractivity (Wildman–Crippen MR) is 148 cm³/mol. The average Bonchev–Trinajstić information content (AvgIpc) is 2.97. The van der Waals surface area contributed by atoms with Crippen LogP contribution in [-0.4, -0.2) is 88.8 Å². The van der Waals surface area contributed by atoms with Gasteiger partial charge in [0.1, 0.15) is 0 Å². The van der Waals surface area contributed by atoms with Gasteiger partial charge in [-0.2, -0.15) is 0 Å². The number of rotatable bonds is 21. The first-order chi connectivity index (χ1) is 24.9. The Labute approximate surface area is 329 Å². The monoisotopic (exact) mass is 1040 g/mol. The molecular weight excluding hydrogens is 1010 g/mol. The van der Waals surface area contributed by atoms with E-state index in [9.17, 15) is 121 Å². The van der Waals surface area contributed by atoms with E-state index >= 15 is 0 Å². The molecular formula is C30H30EuF21O6. The zero-order valence-electron chi connectivity index (χ0n) is 30.0. The third-order valence-electron chi connectivity index (χ3n) is 8.10. The Hall–Kier alpha value is -1.87. The zero-order chi connectivity index (χ0) is 47.3. The van der Waals surface area contributed by atoms with Gasteiger partial charge >= 0.3 is 332 Å². The molecule has 0 atom stereocenters. The second-order valence-corrected chi connectivity index (χ2v) is 20.8. The van der Waals surface area contributed by atoms with Gasteiger partial charge in [-0.15, -0.1) is 0 Å². The van der Waals surface area contributed by atoms with Gasteiger partial charge in [0.25, 0.3) is 0 Å². The Balaban J connectivity index is 6.97. The first-order valence-electron chi connectivity index (χ1n) is 15.2. The van der Waals surface area contributed by atoms with Crippen molar-refractivity contribution in [3.05, 3.63) is 0 Å². The van der Waals surface area contributed by atoms with Crippen LogP contribution in [0.3, 0.4) is 0 Å². The molecule has 28 heteroatoms. The molecule has 0 aliphatic rings. The fourth-order valence-electron chi connectivity index (χ4n) is 4.33. The third-order valence-corrected chi connectivity index (χ3v) is 18.2. The molecule has 0 aromatic carbocycles. The number of Topliss-reactive ketones (excluding diaryl/α,β-unsaturated/α-hetero) is 6. The summed E-state index contributed by atoms with van der Waals surface area (Å²) >= 11 is -4.40. The molecule has 0 unspecified atom stereocenters. The molecule has 0 aliphatic carbocycles. The topological polar surface area (TPSA) is 102 Å². The van der Waals surface area contributed by atoms with Gasteiger partial charge in [-0.25, -0.2) is 0 Å².